The van der Waals surface area contributed by atoms with Gasteiger partial charge in [0.1, 0.15) is 29.1 Å². The van der Waals surface area contributed by atoms with Gasteiger partial charge in [0.15, 0.2) is 23.3 Å². The Hall–Kier alpha value is -14.2. The molecule has 1 atom stereocenters. The number of rotatable bonds is 20. The first-order valence-electron chi connectivity index (χ1n) is 35.3. The number of aromatic amines is 4. The summed E-state index contributed by atoms with van der Waals surface area (Å²) >= 11 is 6.28. The molecule has 12 N–H and O–H groups in total. The number of aromatic nitrogens is 16. The minimum absolute atomic E-state index is 0.0678. The predicted molar refractivity (Wildman–Crippen MR) is 447 cm³/mol. The number of thiophene rings is 4. The largest absolute Gasteiger partial charge is 0.350 e. The van der Waals surface area contributed by atoms with Crippen LogP contribution in [0.2, 0.25) is 0 Å². The third-order valence-electron chi connectivity index (χ3n) is 17.9. The molecule has 0 aliphatic heterocycles. The fraction of sp³-hybridized carbons (Fsp3) is 0.0617. The molecule has 8 aromatic carbocycles. The van der Waals surface area contributed by atoms with Crippen LogP contribution in [0.5, 0.6) is 0 Å². The summed E-state index contributed by atoms with van der Waals surface area (Å²) in [6.45, 7) is 3.01. The van der Waals surface area contributed by atoms with Crippen LogP contribution in [0.1, 0.15) is 35.2 Å². The van der Waals surface area contributed by atoms with Crippen molar-refractivity contribution in [1.29, 1.82) is 0 Å². The number of H-pyrrole nitrogens is 4. The lowest BCUT2D eigenvalue weighted by molar-refractivity contribution is 0.587. The normalized spacial score (nSPS) is 11.5. The Morgan fingerprint density at radius 1 is 0.333 bits per heavy atom. The molecule has 0 aliphatic carbocycles. The Kier molecular flexibility index (Phi) is 20.9. The van der Waals surface area contributed by atoms with Gasteiger partial charge in [-0.25, -0.2) is 41.9 Å². The maximum atomic E-state index is 13.9. The number of anilines is 12. The lowest BCUT2D eigenvalue weighted by Gasteiger charge is -2.15. The van der Waals surface area contributed by atoms with E-state index in [1.807, 2.05) is 132 Å². The van der Waals surface area contributed by atoms with Crippen molar-refractivity contribution in [3.8, 4) is 0 Å². The van der Waals surface area contributed by atoms with Crippen molar-refractivity contribution in [2.75, 3.05) is 42.5 Å². The quantitative estimate of drug-likeness (QED) is 0.0316. The number of benzene rings is 8. The summed E-state index contributed by atoms with van der Waals surface area (Å²) in [5.74, 6) is 2.95. The van der Waals surface area contributed by atoms with Gasteiger partial charge in [-0.2, -0.15) is 40.3 Å². The van der Waals surface area contributed by atoms with E-state index < -0.39 is 11.6 Å². The SMILES string of the molecule is CC(Nc1nc(Nc2ccc3[nH]ncc3c2)c2sccc2n1)c1ccc(F)cc1.Fc1ccc(CNc2nc(Nc3ccc4[nH]ncc4c3)c3sccc3n2)cc1.Fc1ccc(F)c(CNc2nc(Nc3ccc4[nH]ncc4c3)c3sccc3n2)c1.Fc1cccc(CNc2nc(Nc3ccc4[nH]ncc4c3)c3sccc3n2)c1. The summed E-state index contributed by atoms with van der Waals surface area (Å²) in [4.78, 5) is 36.7. The van der Waals surface area contributed by atoms with Crippen molar-refractivity contribution in [3.05, 3.63) is 286 Å². The van der Waals surface area contributed by atoms with Gasteiger partial charge in [0.25, 0.3) is 0 Å². The molecule has 12 heterocycles. The molecule has 1 unspecified atom stereocenters. The van der Waals surface area contributed by atoms with E-state index in [2.05, 4.69) is 118 Å². The third kappa shape index (κ3) is 17.1. The highest BCUT2D eigenvalue weighted by atomic mass is 32.1. The number of hydrogen-bond donors (Lipinski definition) is 12. The van der Waals surface area contributed by atoms with E-state index in [0.717, 1.165) is 160 Å². The van der Waals surface area contributed by atoms with Gasteiger partial charge in [-0.3, -0.25) is 20.4 Å². The standard InChI is InChI=1S/C21H17FN6S.C20H14F2N6S.2C20H15FN6S/c1-12(13-2-4-15(22)5-3-13)24-21-26-18-8-9-29-19(18)20(27-21)25-16-6-7-17-14(10-16)11-23-28-17;21-13-1-3-15(22)11(7-13)9-23-20-26-17-5-6-29-18(17)19(27-20)25-14-2-4-16-12(8-14)10-24-28-16;21-14-3-1-12(2-4-14)10-22-20-25-17-7-8-28-18(17)19(26-20)24-15-5-6-16-13(9-15)11-23-27-16;21-14-3-1-2-12(8-14)10-22-20-25-17-6-7-28-18(17)19(26-20)24-15-4-5-16-13(9-15)11-23-27-16/h2-12H,1H3,(H,23,28)(H2,24,25,26,27);1-8,10H,9H2,(H,24,28)(H2,23,25,26,27);2*1-9,11H,10H2,(H,23,27)(H2,22,24,25,26). The van der Waals surface area contributed by atoms with Crippen LogP contribution in [-0.4, -0.2) is 80.7 Å². The second-order valence-electron chi connectivity index (χ2n) is 25.8. The molecule has 0 aliphatic rings. The van der Waals surface area contributed by atoms with Crippen LogP contribution in [0.15, 0.2) is 234 Å². The van der Waals surface area contributed by atoms with E-state index in [1.54, 1.807) is 89.1 Å². The molecule has 0 radical (unpaired) electrons. The Bertz CT molecular complexity index is 6780. The maximum Gasteiger partial charge on any atom is 0.225 e. The molecule has 12 aromatic heterocycles. The molecule has 0 saturated heterocycles. The van der Waals surface area contributed by atoms with Crippen molar-refractivity contribution in [2.24, 2.45) is 0 Å². The molecule has 114 heavy (non-hydrogen) atoms. The molecule has 20 aromatic rings. The van der Waals surface area contributed by atoms with Crippen LogP contribution in [0.3, 0.4) is 0 Å². The van der Waals surface area contributed by atoms with E-state index in [-0.39, 0.29) is 35.6 Å². The lowest BCUT2D eigenvalue weighted by atomic mass is 10.1. The fourth-order valence-corrected chi connectivity index (χ4v) is 15.3. The lowest BCUT2D eigenvalue weighted by Crippen LogP contribution is -2.10. The average Bonchev–Trinajstić information content (AvgIpc) is 1.60. The van der Waals surface area contributed by atoms with E-state index in [4.69, 9.17) is 4.98 Å². The van der Waals surface area contributed by atoms with Crippen LogP contribution in [-0.2, 0) is 19.6 Å². The smallest absolute Gasteiger partial charge is 0.225 e. The van der Waals surface area contributed by atoms with Gasteiger partial charge >= 0.3 is 0 Å². The summed E-state index contributed by atoms with van der Waals surface area (Å²) in [7, 11) is 0. The Balaban J connectivity index is 0.000000110. The van der Waals surface area contributed by atoms with Crippen LogP contribution in [0.4, 0.5) is 91.8 Å². The third-order valence-corrected chi connectivity index (χ3v) is 21.5. The van der Waals surface area contributed by atoms with Gasteiger partial charge in [0.05, 0.1) is 93.8 Å². The zero-order chi connectivity index (χ0) is 77.4. The monoisotopic (exact) mass is 1590 g/mol. The molecule has 0 spiro atoms. The van der Waals surface area contributed by atoms with Gasteiger partial charge in [-0.15, -0.1) is 45.3 Å². The van der Waals surface area contributed by atoms with Crippen molar-refractivity contribution < 1.29 is 22.0 Å². The molecule has 0 bridgehead atoms. The topological polar surface area (TPSA) is 314 Å². The minimum atomic E-state index is -0.491. The van der Waals surface area contributed by atoms with E-state index >= 15 is 0 Å². The van der Waals surface area contributed by atoms with E-state index in [0.29, 0.717) is 42.7 Å². The Morgan fingerprint density at radius 3 is 1.11 bits per heavy atom. The van der Waals surface area contributed by atoms with Crippen LogP contribution in [0.25, 0.3) is 84.5 Å². The van der Waals surface area contributed by atoms with Crippen LogP contribution >= 0.6 is 45.3 Å². The number of nitrogens with zero attached hydrogens (tertiary/aromatic N) is 12. The van der Waals surface area contributed by atoms with E-state index in [9.17, 15) is 22.0 Å². The van der Waals surface area contributed by atoms with Crippen molar-refractivity contribution in [3.63, 3.8) is 0 Å². The number of hydrogen-bond acceptors (Lipinski definition) is 24. The molecule has 564 valence electrons. The first-order valence-corrected chi connectivity index (χ1v) is 38.8. The fourth-order valence-electron chi connectivity index (χ4n) is 12.2. The summed E-state index contributed by atoms with van der Waals surface area (Å²) in [5, 5.41) is 66.1. The minimum Gasteiger partial charge on any atom is -0.350 e. The van der Waals surface area contributed by atoms with Crippen molar-refractivity contribution in [2.45, 2.75) is 32.6 Å². The number of nitrogens with one attached hydrogen (secondary N) is 12. The molecular formula is C81H61F5N24S4. The Labute approximate surface area is 658 Å². The maximum absolute atomic E-state index is 13.9. The zero-order valence-corrected chi connectivity index (χ0v) is 62.9. The summed E-state index contributed by atoms with van der Waals surface area (Å²) < 4.78 is 70.8. The zero-order valence-electron chi connectivity index (χ0n) is 59.6. The van der Waals surface area contributed by atoms with Gasteiger partial charge in [0.2, 0.25) is 23.8 Å². The van der Waals surface area contributed by atoms with Crippen molar-refractivity contribution in [1.82, 2.24) is 80.7 Å². The highest BCUT2D eigenvalue weighted by Crippen LogP contribution is 2.36. The second-order valence-corrected chi connectivity index (χ2v) is 29.4. The summed E-state index contributed by atoms with van der Waals surface area (Å²) in [6.07, 6.45) is 7.12. The van der Waals surface area contributed by atoms with Crippen LogP contribution in [0, 0.1) is 29.1 Å². The number of fused-ring (bicyclic) bond motifs is 8. The molecule has 33 heteroatoms. The highest BCUT2D eigenvalue weighted by molar-refractivity contribution is 7.18. The molecule has 20 rings (SSSR count). The first kappa shape index (κ1) is 72.7. The second kappa shape index (κ2) is 32.8. The molecule has 0 saturated carbocycles. The molecule has 0 amide bonds. The van der Waals surface area contributed by atoms with Gasteiger partial charge in [0, 0.05) is 69.5 Å². The molecule has 24 nitrogen and oxygen atoms in total. The Morgan fingerprint density at radius 2 is 0.693 bits per heavy atom. The van der Waals surface area contributed by atoms with Crippen molar-refractivity contribution >= 4 is 200 Å². The first-order chi connectivity index (χ1) is 55.8. The van der Waals surface area contributed by atoms with Crippen LogP contribution < -0.4 is 42.5 Å². The number of halogens is 5. The predicted octanol–water partition coefficient (Wildman–Crippen LogP) is 20.9. The van der Waals surface area contributed by atoms with E-state index in [1.165, 1.54) is 47.7 Å². The average molecular weight is 1590 g/mol. The van der Waals surface area contributed by atoms with Gasteiger partial charge in [-0.05, 0) is 197 Å². The van der Waals surface area contributed by atoms with Gasteiger partial charge < -0.3 is 42.5 Å². The molecule has 0 fully saturated rings. The summed E-state index contributed by atoms with van der Waals surface area (Å²) in [5.41, 5.74) is 13.8. The van der Waals surface area contributed by atoms with Gasteiger partial charge in [-0.1, -0.05) is 36.4 Å². The molecular weight excluding hydrogens is 1530 g/mol. The highest BCUT2D eigenvalue weighted by Gasteiger charge is 2.18. The summed E-state index contributed by atoms with van der Waals surface area (Å²) in [6, 6.07) is 54.1.